The van der Waals surface area contributed by atoms with E-state index >= 15 is 0 Å². The Kier molecular flexibility index (Phi) is 16.8. The van der Waals surface area contributed by atoms with Gasteiger partial charge in [0.1, 0.15) is 0 Å². The normalized spacial score (nSPS) is 12.7. The van der Waals surface area contributed by atoms with Gasteiger partial charge in [-0.25, -0.2) is 4.57 Å². The number of hydrogen-bond acceptors (Lipinski definition) is 10. The summed E-state index contributed by atoms with van der Waals surface area (Å²) in [4.78, 5) is 0. The van der Waals surface area contributed by atoms with Gasteiger partial charge in [0.15, 0.2) is 0 Å². The lowest BCUT2D eigenvalue weighted by Crippen LogP contribution is -2.33. The summed E-state index contributed by atoms with van der Waals surface area (Å²) in [6.07, 6.45) is 2.23. The zero-order chi connectivity index (χ0) is 19.8. The molecule has 0 aliphatic carbocycles. The molecule has 0 fully saturated rings. The van der Waals surface area contributed by atoms with Gasteiger partial charge >= 0.3 is 36.4 Å². The molecule has 0 amide bonds. The first-order valence-corrected chi connectivity index (χ1v) is 13.4. The van der Waals surface area contributed by atoms with E-state index in [9.17, 15) is 4.57 Å². The van der Waals surface area contributed by atoms with Crippen LogP contribution in [0.1, 0.15) is 40.0 Å². The summed E-state index contributed by atoms with van der Waals surface area (Å²) < 4.78 is 61.0. The van der Waals surface area contributed by atoms with Crippen LogP contribution in [0.5, 0.6) is 0 Å². The van der Waals surface area contributed by atoms with Crippen molar-refractivity contribution in [3.05, 3.63) is 0 Å². The molecule has 0 atom stereocenters. The van der Waals surface area contributed by atoms with Crippen LogP contribution in [-0.2, 0) is 43.8 Å². The Balaban J connectivity index is 5.16. The maximum atomic E-state index is 13.1. The number of hydrogen-bond donors (Lipinski definition) is 0. The first-order valence-electron chi connectivity index (χ1n) is 8.28. The van der Waals surface area contributed by atoms with E-state index < -0.39 is 36.4 Å². The summed E-state index contributed by atoms with van der Waals surface area (Å²) >= 11 is 0. The summed E-state index contributed by atoms with van der Waals surface area (Å²) in [6.45, 7) is 6.92. The molecule has 0 bridgehead atoms. The summed E-state index contributed by atoms with van der Waals surface area (Å²) in [5.41, 5.74) is 0. The van der Waals surface area contributed by atoms with Crippen molar-refractivity contribution in [1.82, 2.24) is 0 Å². The Bertz CT molecular complexity index is 329. The Morgan fingerprint density at radius 3 is 1.08 bits per heavy atom. The molecule has 0 aliphatic rings. The van der Waals surface area contributed by atoms with E-state index in [4.69, 9.17) is 39.2 Å². The first-order chi connectivity index (χ1) is 12.5. The van der Waals surface area contributed by atoms with Crippen molar-refractivity contribution in [3.63, 3.8) is 0 Å². The van der Waals surface area contributed by atoms with Gasteiger partial charge in [-0.1, -0.05) is 20.8 Å². The molecule has 0 aliphatic heterocycles. The van der Waals surface area contributed by atoms with Crippen LogP contribution in [0.25, 0.3) is 0 Å². The van der Waals surface area contributed by atoms with Crippen molar-refractivity contribution >= 4 is 36.4 Å². The van der Waals surface area contributed by atoms with Crippen molar-refractivity contribution in [2.45, 2.75) is 40.0 Å². The topological polar surface area (TPSA) is 100 Å². The second-order valence-electron chi connectivity index (χ2n) is 4.63. The SMILES string of the molecule is CCCO[Si](OC)OP(=O)(O[Si](OC)OCCC)O[Si](OC)OCCC. The molecule has 0 N–H and O–H groups in total. The fourth-order valence-electron chi connectivity index (χ4n) is 1.25. The summed E-state index contributed by atoms with van der Waals surface area (Å²) in [5.74, 6) is 0. The quantitative estimate of drug-likeness (QED) is 0.229. The lowest BCUT2D eigenvalue weighted by atomic mass is 10.5. The van der Waals surface area contributed by atoms with Gasteiger partial charge in [-0.2, -0.15) is 0 Å². The van der Waals surface area contributed by atoms with E-state index in [1.165, 1.54) is 21.3 Å². The molecule has 0 aromatic carbocycles. The van der Waals surface area contributed by atoms with E-state index in [1.54, 1.807) is 0 Å². The fourth-order valence-corrected chi connectivity index (χ4v) is 7.89. The molecule has 0 unspecified atom stereocenters. The molecule has 155 valence electrons. The number of rotatable bonds is 18. The zero-order valence-corrected chi connectivity index (χ0v) is 20.2. The van der Waals surface area contributed by atoms with Crippen LogP contribution in [-0.4, -0.2) is 69.7 Å². The second-order valence-corrected chi connectivity index (χ2v) is 11.3. The van der Waals surface area contributed by atoms with Crippen molar-refractivity contribution in [2.75, 3.05) is 41.2 Å². The van der Waals surface area contributed by atoms with Crippen LogP contribution < -0.4 is 0 Å². The standard InChI is InChI=1S/C12H30O10PSi3/c1-7-10-17-24(14-4)20-23(13,21-25(15-5)18-11-8-2)22-26(16-6)19-12-9-3/h7-12H2,1-6H3. The summed E-state index contributed by atoms with van der Waals surface area (Å²) in [7, 11) is -7.06. The van der Waals surface area contributed by atoms with E-state index in [2.05, 4.69) is 0 Å². The van der Waals surface area contributed by atoms with Gasteiger partial charge in [-0.3, -0.25) is 12.6 Å². The lowest BCUT2D eigenvalue weighted by Gasteiger charge is -2.24. The van der Waals surface area contributed by atoms with E-state index in [-0.39, 0.29) is 0 Å². The average molecular weight is 450 g/mol. The van der Waals surface area contributed by atoms with Crippen LogP contribution in [0.2, 0.25) is 0 Å². The third-order valence-electron chi connectivity index (χ3n) is 2.33. The maximum absolute atomic E-state index is 13.1. The van der Waals surface area contributed by atoms with Crippen molar-refractivity contribution < 1.29 is 43.8 Å². The second kappa shape index (κ2) is 16.5. The monoisotopic (exact) mass is 449 g/mol. The first kappa shape index (κ1) is 26.5. The number of phosphoric acid groups is 1. The third kappa shape index (κ3) is 12.1. The Morgan fingerprint density at radius 1 is 0.615 bits per heavy atom. The molecular weight excluding hydrogens is 419 g/mol. The molecule has 26 heavy (non-hydrogen) atoms. The molecule has 0 saturated heterocycles. The van der Waals surface area contributed by atoms with Crippen molar-refractivity contribution in [3.8, 4) is 0 Å². The van der Waals surface area contributed by atoms with Crippen molar-refractivity contribution in [2.24, 2.45) is 0 Å². The van der Waals surface area contributed by atoms with Crippen molar-refractivity contribution in [1.29, 1.82) is 0 Å². The molecule has 0 saturated carbocycles. The van der Waals surface area contributed by atoms with Gasteiger partial charge in [-0.15, -0.1) is 0 Å². The predicted octanol–water partition coefficient (Wildman–Crippen LogP) is 2.32. The van der Waals surface area contributed by atoms with Crippen LogP contribution in [0.4, 0.5) is 0 Å². The van der Waals surface area contributed by atoms with E-state index in [0.29, 0.717) is 19.8 Å². The molecule has 0 spiro atoms. The molecule has 10 nitrogen and oxygen atoms in total. The van der Waals surface area contributed by atoms with Gasteiger partial charge < -0.3 is 26.6 Å². The van der Waals surface area contributed by atoms with Crippen LogP contribution >= 0.6 is 7.82 Å². The lowest BCUT2D eigenvalue weighted by molar-refractivity contribution is 0.104. The minimum absolute atomic E-state index is 0.380. The van der Waals surface area contributed by atoms with Crippen LogP contribution in [0.15, 0.2) is 0 Å². The third-order valence-corrected chi connectivity index (χ3v) is 9.12. The van der Waals surface area contributed by atoms with Crippen LogP contribution in [0.3, 0.4) is 0 Å². The molecule has 3 radical (unpaired) electrons. The van der Waals surface area contributed by atoms with Gasteiger partial charge in [0.2, 0.25) is 0 Å². The molecular formula is C12H30O10PSi3. The van der Waals surface area contributed by atoms with E-state index in [1.807, 2.05) is 20.8 Å². The Morgan fingerprint density at radius 2 is 0.885 bits per heavy atom. The summed E-state index contributed by atoms with van der Waals surface area (Å²) in [5, 5.41) is 0. The van der Waals surface area contributed by atoms with E-state index in [0.717, 1.165) is 19.3 Å². The van der Waals surface area contributed by atoms with Gasteiger partial charge in [0.05, 0.1) is 0 Å². The molecule has 0 rings (SSSR count). The highest BCUT2D eigenvalue weighted by Crippen LogP contribution is 2.51. The Hall–Kier alpha value is 0.521. The minimum atomic E-state index is -4.17. The Labute approximate surface area is 161 Å². The smallest absolute Gasteiger partial charge is 0.374 e. The van der Waals surface area contributed by atoms with Gasteiger partial charge in [-0.05, 0) is 19.3 Å². The maximum Gasteiger partial charge on any atom is 0.586 e. The predicted molar refractivity (Wildman–Crippen MR) is 97.9 cm³/mol. The summed E-state index contributed by atoms with van der Waals surface area (Å²) in [6, 6.07) is 0. The fraction of sp³-hybridized carbons (Fsp3) is 1.00. The molecule has 14 heteroatoms. The average Bonchev–Trinajstić information content (AvgIpc) is 2.65. The molecule has 0 aromatic heterocycles. The van der Waals surface area contributed by atoms with Gasteiger partial charge in [0, 0.05) is 41.2 Å². The zero-order valence-electron chi connectivity index (χ0n) is 16.3. The highest BCUT2D eigenvalue weighted by atomic mass is 31.2. The minimum Gasteiger partial charge on any atom is -0.374 e. The molecule has 0 aromatic rings. The highest BCUT2D eigenvalue weighted by Gasteiger charge is 2.44. The van der Waals surface area contributed by atoms with Crippen LogP contribution in [0, 0.1) is 0 Å². The highest BCUT2D eigenvalue weighted by molar-refractivity contribution is 7.52. The molecule has 0 heterocycles. The van der Waals surface area contributed by atoms with Gasteiger partial charge in [0.25, 0.3) is 0 Å². The largest absolute Gasteiger partial charge is 0.586 e.